The Hall–Kier alpha value is -1.02. The standard InChI is InChI=1S/C19H31NO/c1-4-15-21-19-7-5-17(6-8-19)9-12-20-13-10-18(11-14-20)16(2)3/h5-8,16,18H,4,9-15H2,1-3H3. The molecule has 0 spiro atoms. The van der Waals surface area contributed by atoms with Crippen molar-refractivity contribution in [2.45, 2.75) is 46.5 Å². The van der Waals surface area contributed by atoms with E-state index in [1.165, 1.54) is 38.0 Å². The van der Waals surface area contributed by atoms with Crippen molar-refractivity contribution in [3.05, 3.63) is 29.8 Å². The van der Waals surface area contributed by atoms with Crippen LogP contribution in [0.4, 0.5) is 0 Å². The molecule has 0 amide bonds. The average Bonchev–Trinajstić information content (AvgIpc) is 2.52. The Balaban J connectivity index is 1.71. The fourth-order valence-electron chi connectivity index (χ4n) is 3.10. The van der Waals surface area contributed by atoms with Gasteiger partial charge in [0.05, 0.1) is 6.61 Å². The van der Waals surface area contributed by atoms with Gasteiger partial charge in [0.15, 0.2) is 0 Å². The summed E-state index contributed by atoms with van der Waals surface area (Å²) in [5, 5.41) is 0. The number of benzene rings is 1. The van der Waals surface area contributed by atoms with E-state index in [0.717, 1.165) is 37.0 Å². The van der Waals surface area contributed by atoms with Gasteiger partial charge in [0.1, 0.15) is 5.75 Å². The van der Waals surface area contributed by atoms with Crippen molar-refractivity contribution in [3.63, 3.8) is 0 Å². The van der Waals surface area contributed by atoms with Crippen LogP contribution in [0.25, 0.3) is 0 Å². The highest BCUT2D eigenvalue weighted by atomic mass is 16.5. The molecule has 1 aliphatic heterocycles. The fourth-order valence-corrected chi connectivity index (χ4v) is 3.10. The number of piperidine rings is 1. The highest BCUT2D eigenvalue weighted by molar-refractivity contribution is 5.27. The second-order valence-corrected chi connectivity index (χ2v) is 6.67. The van der Waals surface area contributed by atoms with Crippen molar-refractivity contribution in [2.75, 3.05) is 26.2 Å². The largest absolute Gasteiger partial charge is 0.494 e. The molecule has 0 radical (unpaired) electrons. The molecule has 118 valence electrons. The third-order valence-electron chi connectivity index (χ3n) is 4.69. The van der Waals surface area contributed by atoms with Crippen LogP contribution >= 0.6 is 0 Å². The molecule has 0 bridgehead atoms. The third-order valence-corrected chi connectivity index (χ3v) is 4.69. The second kappa shape index (κ2) is 8.43. The van der Waals surface area contributed by atoms with Gasteiger partial charge in [-0.15, -0.1) is 0 Å². The predicted octanol–water partition coefficient (Wildman–Crippen LogP) is 4.39. The molecule has 2 rings (SSSR count). The minimum atomic E-state index is 0.810. The van der Waals surface area contributed by atoms with Crippen LogP contribution in [-0.2, 0) is 6.42 Å². The summed E-state index contributed by atoms with van der Waals surface area (Å²) in [5.41, 5.74) is 1.42. The first-order valence-electron chi connectivity index (χ1n) is 8.63. The SMILES string of the molecule is CCCOc1ccc(CCN2CCC(C(C)C)CC2)cc1. The van der Waals surface area contributed by atoms with Gasteiger partial charge in [0, 0.05) is 6.54 Å². The van der Waals surface area contributed by atoms with Crippen LogP contribution in [-0.4, -0.2) is 31.1 Å². The number of hydrogen-bond donors (Lipinski definition) is 0. The summed E-state index contributed by atoms with van der Waals surface area (Å²) < 4.78 is 5.63. The van der Waals surface area contributed by atoms with Crippen LogP contribution in [0.15, 0.2) is 24.3 Å². The lowest BCUT2D eigenvalue weighted by Gasteiger charge is -2.33. The Labute approximate surface area is 130 Å². The molecule has 1 fully saturated rings. The Kier molecular flexibility index (Phi) is 6.56. The molecule has 2 heteroatoms. The molecule has 0 N–H and O–H groups in total. The van der Waals surface area contributed by atoms with Gasteiger partial charge in [-0.3, -0.25) is 0 Å². The monoisotopic (exact) mass is 289 g/mol. The summed E-state index contributed by atoms with van der Waals surface area (Å²) in [6.07, 6.45) is 4.97. The maximum absolute atomic E-state index is 5.63. The zero-order chi connectivity index (χ0) is 15.1. The van der Waals surface area contributed by atoms with E-state index in [1.807, 2.05) is 0 Å². The molecule has 1 heterocycles. The molecule has 1 saturated heterocycles. The van der Waals surface area contributed by atoms with Crippen molar-refractivity contribution in [3.8, 4) is 5.75 Å². The topological polar surface area (TPSA) is 12.5 Å². The summed E-state index contributed by atoms with van der Waals surface area (Å²) in [6.45, 7) is 11.4. The molecule has 1 aromatic rings. The van der Waals surface area contributed by atoms with Gasteiger partial charge in [-0.25, -0.2) is 0 Å². The van der Waals surface area contributed by atoms with E-state index in [2.05, 4.69) is 49.9 Å². The molecule has 2 nitrogen and oxygen atoms in total. The molecule has 0 aromatic heterocycles. The molecule has 1 aromatic carbocycles. The van der Waals surface area contributed by atoms with Gasteiger partial charge in [-0.1, -0.05) is 32.9 Å². The molecular formula is C19H31NO. The van der Waals surface area contributed by atoms with Crippen LogP contribution in [0.2, 0.25) is 0 Å². The molecule has 0 saturated carbocycles. The maximum atomic E-state index is 5.63. The minimum Gasteiger partial charge on any atom is -0.494 e. The van der Waals surface area contributed by atoms with Crippen LogP contribution in [0.3, 0.4) is 0 Å². The van der Waals surface area contributed by atoms with Crippen LogP contribution < -0.4 is 4.74 Å². The minimum absolute atomic E-state index is 0.810. The lowest BCUT2D eigenvalue weighted by atomic mass is 9.86. The molecule has 21 heavy (non-hydrogen) atoms. The van der Waals surface area contributed by atoms with E-state index >= 15 is 0 Å². The first-order valence-corrected chi connectivity index (χ1v) is 8.63. The number of hydrogen-bond acceptors (Lipinski definition) is 2. The first-order chi connectivity index (χ1) is 10.2. The van der Waals surface area contributed by atoms with E-state index in [0.29, 0.717) is 0 Å². The molecule has 0 aliphatic carbocycles. The van der Waals surface area contributed by atoms with Crippen molar-refractivity contribution in [1.29, 1.82) is 0 Å². The third kappa shape index (κ3) is 5.35. The second-order valence-electron chi connectivity index (χ2n) is 6.67. The Morgan fingerprint density at radius 1 is 1.14 bits per heavy atom. The van der Waals surface area contributed by atoms with Crippen LogP contribution in [0, 0.1) is 11.8 Å². The van der Waals surface area contributed by atoms with Crippen molar-refractivity contribution in [1.82, 2.24) is 4.90 Å². The number of ether oxygens (including phenoxy) is 1. The smallest absolute Gasteiger partial charge is 0.119 e. The lowest BCUT2D eigenvalue weighted by Crippen LogP contribution is -2.36. The van der Waals surface area contributed by atoms with E-state index in [1.54, 1.807) is 0 Å². The highest BCUT2D eigenvalue weighted by Gasteiger charge is 2.20. The van der Waals surface area contributed by atoms with Gasteiger partial charge >= 0.3 is 0 Å². The fraction of sp³-hybridized carbons (Fsp3) is 0.684. The predicted molar refractivity (Wildman–Crippen MR) is 89.9 cm³/mol. The number of rotatable bonds is 7. The Morgan fingerprint density at radius 2 is 1.81 bits per heavy atom. The van der Waals surface area contributed by atoms with Gasteiger partial charge < -0.3 is 9.64 Å². The highest BCUT2D eigenvalue weighted by Crippen LogP contribution is 2.24. The average molecular weight is 289 g/mol. The molecule has 1 aliphatic rings. The maximum Gasteiger partial charge on any atom is 0.119 e. The Bertz CT molecular complexity index is 391. The number of nitrogens with zero attached hydrogens (tertiary/aromatic N) is 1. The lowest BCUT2D eigenvalue weighted by molar-refractivity contribution is 0.159. The van der Waals surface area contributed by atoms with E-state index in [9.17, 15) is 0 Å². The van der Waals surface area contributed by atoms with Gasteiger partial charge in [-0.2, -0.15) is 0 Å². The van der Waals surface area contributed by atoms with Crippen molar-refractivity contribution < 1.29 is 4.74 Å². The normalized spacial score (nSPS) is 17.3. The molecule has 0 unspecified atom stereocenters. The molecular weight excluding hydrogens is 258 g/mol. The zero-order valence-electron chi connectivity index (χ0n) is 14.0. The van der Waals surface area contributed by atoms with Gasteiger partial charge in [0.25, 0.3) is 0 Å². The first kappa shape index (κ1) is 16.4. The Morgan fingerprint density at radius 3 is 2.38 bits per heavy atom. The van der Waals surface area contributed by atoms with Gasteiger partial charge in [0.2, 0.25) is 0 Å². The summed E-state index contributed by atoms with van der Waals surface area (Å²) in [6, 6.07) is 8.64. The van der Waals surface area contributed by atoms with Crippen molar-refractivity contribution in [2.24, 2.45) is 11.8 Å². The molecule has 0 atom stereocenters. The van der Waals surface area contributed by atoms with E-state index < -0.39 is 0 Å². The quantitative estimate of drug-likeness (QED) is 0.738. The summed E-state index contributed by atoms with van der Waals surface area (Å²) in [7, 11) is 0. The van der Waals surface area contributed by atoms with E-state index in [-0.39, 0.29) is 0 Å². The van der Waals surface area contributed by atoms with Gasteiger partial charge in [-0.05, 0) is 68.3 Å². The zero-order valence-corrected chi connectivity index (χ0v) is 14.0. The van der Waals surface area contributed by atoms with Crippen LogP contribution in [0.5, 0.6) is 5.75 Å². The van der Waals surface area contributed by atoms with Crippen molar-refractivity contribution >= 4 is 0 Å². The summed E-state index contributed by atoms with van der Waals surface area (Å²) in [4.78, 5) is 2.63. The van der Waals surface area contributed by atoms with E-state index in [4.69, 9.17) is 4.74 Å². The summed E-state index contributed by atoms with van der Waals surface area (Å²) >= 11 is 0. The van der Waals surface area contributed by atoms with Crippen LogP contribution in [0.1, 0.15) is 45.6 Å². The number of likely N-dealkylation sites (tertiary alicyclic amines) is 1. The summed E-state index contributed by atoms with van der Waals surface area (Å²) in [5.74, 6) is 2.79.